The zero-order valence-corrected chi connectivity index (χ0v) is 9.47. The molecule has 0 saturated heterocycles. The highest BCUT2D eigenvalue weighted by atomic mass is 32.2. The van der Waals surface area contributed by atoms with Crippen LogP contribution in [0.2, 0.25) is 0 Å². The van der Waals surface area contributed by atoms with Crippen molar-refractivity contribution in [2.24, 2.45) is 5.73 Å². The van der Waals surface area contributed by atoms with Crippen LogP contribution in [-0.2, 0) is 0 Å². The second-order valence-electron chi connectivity index (χ2n) is 3.13. The Hall–Kier alpha value is -1.46. The minimum Gasteiger partial charge on any atom is -0.329 e. The second-order valence-corrected chi connectivity index (χ2v) is 4.30. The third-order valence-electron chi connectivity index (χ3n) is 2.02. The van der Waals surface area contributed by atoms with Crippen molar-refractivity contribution in [2.75, 3.05) is 6.54 Å². The molecule has 0 saturated carbocycles. The first-order valence-electron chi connectivity index (χ1n) is 4.95. The minimum absolute atomic E-state index is 0.101. The molecule has 0 bridgehead atoms. The van der Waals surface area contributed by atoms with Crippen LogP contribution in [0.5, 0.6) is 0 Å². The lowest BCUT2D eigenvalue weighted by Gasteiger charge is -2.11. The van der Waals surface area contributed by atoms with Gasteiger partial charge in [0, 0.05) is 25.1 Å². The van der Waals surface area contributed by atoms with Crippen LogP contribution in [0.3, 0.4) is 0 Å². The monoisotopic (exact) mass is 232 g/mol. The highest BCUT2D eigenvalue weighted by Crippen LogP contribution is 2.30. The van der Waals surface area contributed by atoms with E-state index >= 15 is 0 Å². The van der Waals surface area contributed by atoms with E-state index in [0.29, 0.717) is 6.54 Å². The molecule has 0 aliphatic heterocycles. The molecular weight excluding hydrogens is 220 g/mol. The number of nitrogens with zero attached hydrogens (tertiary/aromatic N) is 3. The summed E-state index contributed by atoms with van der Waals surface area (Å²) in [6.45, 7) is 0.514. The maximum atomic E-state index is 5.74. The molecule has 16 heavy (non-hydrogen) atoms. The lowest BCUT2D eigenvalue weighted by atomic mass is 10.3. The van der Waals surface area contributed by atoms with Crippen molar-refractivity contribution >= 4 is 11.8 Å². The molecule has 0 spiro atoms. The summed E-state index contributed by atoms with van der Waals surface area (Å²) in [5.74, 6) is 0. The van der Waals surface area contributed by atoms with Gasteiger partial charge >= 0.3 is 0 Å². The molecule has 2 aromatic rings. The van der Waals surface area contributed by atoms with Crippen molar-refractivity contribution in [2.45, 2.75) is 10.4 Å². The van der Waals surface area contributed by atoms with Crippen molar-refractivity contribution in [3.05, 3.63) is 48.5 Å². The molecule has 2 heterocycles. The van der Waals surface area contributed by atoms with E-state index in [2.05, 4.69) is 15.0 Å². The van der Waals surface area contributed by atoms with Gasteiger partial charge in [0.2, 0.25) is 0 Å². The van der Waals surface area contributed by atoms with E-state index in [1.54, 1.807) is 24.7 Å². The zero-order valence-electron chi connectivity index (χ0n) is 8.65. The van der Waals surface area contributed by atoms with E-state index in [1.165, 1.54) is 11.8 Å². The maximum Gasteiger partial charge on any atom is 0.188 e. The molecule has 0 fully saturated rings. The Kier molecular flexibility index (Phi) is 3.85. The van der Waals surface area contributed by atoms with Crippen LogP contribution in [0, 0.1) is 0 Å². The number of aromatic nitrogens is 3. The van der Waals surface area contributed by atoms with Gasteiger partial charge in [-0.1, -0.05) is 17.8 Å². The molecule has 0 aromatic carbocycles. The van der Waals surface area contributed by atoms with Gasteiger partial charge < -0.3 is 5.73 Å². The summed E-state index contributed by atoms with van der Waals surface area (Å²) in [7, 11) is 0. The number of hydrogen-bond acceptors (Lipinski definition) is 5. The van der Waals surface area contributed by atoms with Crippen molar-refractivity contribution in [3.8, 4) is 0 Å². The summed E-state index contributed by atoms with van der Waals surface area (Å²) >= 11 is 1.53. The number of thioether (sulfide) groups is 1. The van der Waals surface area contributed by atoms with Crippen LogP contribution in [-0.4, -0.2) is 21.5 Å². The molecule has 1 atom stereocenters. The van der Waals surface area contributed by atoms with Gasteiger partial charge in [0.1, 0.15) is 0 Å². The Labute approximate surface area is 98.3 Å². The quantitative estimate of drug-likeness (QED) is 0.641. The van der Waals surface area contributed by atoms with Gasteiger partial charge in [-0.3, -0.25) is 4.98 Å². The van der Waals surface area contributed by atoms with Crippen LogP contribution in [0.15, 0.2) is 48.0 Å². The third kappa shape index (κ3) is 2.77. The Morgan fingerprint density at radius 3 is 2.44 bits per heavy atom. The lowest BCUT2D eigenvalue weighted by molar-refractivity contribution is 0.879. The van der Waals surface area contributed by atoms with Crippen LogP contribution < -0.4 is 5.73 Å². The van der Waals surface area contributed by atoms with Crippen LogP contribution in [0.1, 0.15) is 10.9 Å². The summed E-state index contributed by atoms with van der Waals surface area (Å²) in [5, 5.41) is 0.826. The first-order valence-corrected chi connectivity index (χ1v) is 5.83. The SMILES string of the molecule is NCC(Sc1ncccn1)c1ccccn1. The average Bonchev–Trinajstić information content (AvgIpc) is 2.38. The van der Waals surface area contributed by atoms with Crippen LogP contribution in [0.25, 0.3) is 0 Å². The standard InChI is InChI=1S/C11H12N4S/c12-8-10(9-4-1-2-5-13-9)16-11-14-6-3-7-15-11/h1-7,10H,8,12H2. The topological polar surface area (TPSA) is 64.7 Å². The predicted octanol–water partition coefficient (Wildman–Crippen LogP) is 1.66. The van der Waals surface area contributed by atoms with Gasteiger partial charge in [-0.05, 0) is 18.2 Å². The van der Waals surface area contributed by atoms with Gasteiger partial charge in [0.05, 0.1) is 10.9 Å². The molecule has 0 aliphatic rings. The first-order chi connectivity index (χ1) is 7.90. The first kappa shape index (κ1) is 11.0. The fourth-order valence-electron chi connectivity index (χ4n) is 1.27. The highest BCUT2D eigenvalue weighted by Gasteiger charge is 2.13. The number of hydrogen-bond donors (Lipinski definition) is 1. The van der Waals surface area contributed by atoms with E-state index in [0.717, 1.165) is 10.9 Å². The van der Waals surface area contributed by atoms with E-state index in [4.69, 9.17) is 5.73 Å². The third-order valence-corrected chi connectivity index (χ3v) is 3.16. The molecule has 0 aliphatic carbocycles. The fraction of sp³-hybridized carbons (Fsp3) is 0.182. The van der Waals surface area contributed by atoms with Crippen molar-refractivity contribution in [1.82, 2.24) is 15.0 Å². The van der Waals surface area contributed by atoms with Crippen molar-refractivity contribution in [3.63, 3.8) is 0 Å². The average molecular weight is 232 g/mol. The fourth-order valence-corrected chi connectivity index (χ4v) is 2.12. The van der Waals surface area contributed by atoms with Gasteiger partial charge in [-0.2, -0.15) is 0 Å². The number of nitrogens with two attached hydrogens (primary N) is 1. The molecule has 5 heteroatoms. The van der Waals surface area contributed by atoms with E-state index in [9.17, 15) is 0 Å². The molecule has 4 nitrogen and oxygen atoms in total. The predicted molar refractivity (Wildman–Crippen MR) is 63.9 cm³/mol. The molecular formula is C11H12N4S. The molecule has 2 aromatic heterocycles. The molecule has 1 unspecified atom stereocenters. The van der Waals surface area contributed by atoms with E-state index in [-0.39, 0.29) is 5.25 Å². The molecule has 2 rings (SSSR count). The minimum atomic E-state index is 0.101. The van der Waals surface area contributed by atoms with Crippen LogP contribution >= 0.6 is 11.8 Å². The Morgan fingerprint density at radius 2 is 1.81 bits per heavy atom. The Balaban J connectivity index is 2.13. The highest BCUT2D eigenvalue weighted by molar-refractivity contribution is 7.99. The van der Waals surface area contributed by atoms with Crippen LogP contribution in [0.4, 0.5) is 0 Å². The number of rotatable bonds is 4. The molecule has 82 valence electrons. The second kappa shape index (κ2) is 5.58. The lowest BCUT2D eigenvalue weighted by Crippen LogP contribution is -2.11. The summed E-state index contributed by atoms with van der Waals surface area (Å²) in [4.78, 5) is 12.6. The molecule has 0 radical (unpaired) electrons. The van der Waals surface area contributed by atoms with Gasteiger partial charge in [0.25, 0.3) is 0 Å². The summed E-state index contributed by atoms with van der Waals surface area (Å²) in [5.41, 5.74) is 6.70. The van der Waals surface area contributed by atoms with Crippen molar-refractivity contribution < 1.29 is 0 Å². The van der Waals surface area contributed by atoms with Gasteiger partial charge in [-0.15, -0.1) is 0 Å². The summed E-state index contributed by atoms with van der Waals surface area (Å²) in [6, 6.07) is 7.61. The largest absolute Gasteiger partial charge is 0.329 e. The normalized spacial score (nSPS) is 12.3. The molecule has 0 amide bonds. The maximum absolute atomic E-state index is 5.74. The smallest absolute Gasteiger partial charge is 0.188 e. The Morgan fingerprint density at radius 1 is 1.06 bits per heavy atom. The zero-order chi connectivity index (χ0) is 11.2. The van der Waals surface area contributed by atoms with E-state index in [1.807, 2.05) is 18.2 Å². The molecule has 2 N–H and O–H groups in total. The van der Waals surface area contributed by atoms with E-state index < -0.39 is 0 Å². The Bertz CT molecular complexity index is 421. The van der Waals surface area contributed by atoms with Gasteiger partial charge in [-0.25, -0.2) is 9.97 Å². The summed E-state index contributed by atoms with van der Waals surface area (Å²) < 4.78 is 0. The van der Waals surface area contributed by atoms with Gasteiger partial charge in [0.15, 0.2) is 5.16 Å². The summed E-state index contributed by atoms with van der Waals surface area (Å²) in [6.07, 6.45) is 5.22. The van der Waals surface area contributed by atoms with Crippen molar-refractivity contribution in [1.29, 1.82) is 0 Å². The number of pyridine rings is 1.